The zero-order chi connectivity index (χ0) is 18.5. The van der Waals surface area contributed by atoms with Crippen molar-refractivity contribution in [2.45, 2.75) is 6.42 Å². The van der Waals surface area contributed by atoms with E-state index in [4.69, 9.17) is 4.74 Å². The van der Waals surface area contributed by atoms with E-state index in [2.05, 4.69) is 0 Å². The normalized spacial score (nSPS) is 11.0. The number of hydrogen-bond donors (Lipinski definition) is 3. The SMILES string of the molecule is COc1cc(O)c(Cc2ccc(O)cc2)c(C=Cc2ccccc2O)c1. The molecule has 3 rings (SSSR count). The molecule has 0 aliphatic carbocycles. The van der Waals surface area contributed by atoms with Gasteiger partial charge < -0.3 is 20.1 Å². The van der Waals surface area contributed by atoms with Gasteiger partial charge in [0.15, 0.2) is 0 Å². The van der Waals surface area contributed by atoms with Gasteiger partial charge in [-0.25, -0.2) is 0 Å². The van der Waals surface area contributed by atoms with Gasteiger partial charge in [0.05, 0.1) is 7.11 Å². The number of hydrogen-bond acceptors (Lipinski definition) is 4. The second kappa shape index (κ2) is 7.66. The molecule has 0 unspecified atom stereocenters. The maximum Gasteiger partial charge on any atom is 0.123 e. The molecular formula is C22H20O4. The van der Waals surface area contributed by atoms with Crippen molar-refractivity contribution in [2.24, 2.45) is 0 Å². The standard InChI is InChI=1S/C22H20O4/c1-26-19-13-17(9-8-16-4-2-3-5-21(16)24)20(22(25)14-19)12-15-6-10-18(23)11-7-15/h2-11,13-14,23-25H,12H2,1H3. The van der Waals surface area contributed by atoms with Crippen LogP contribution < -0.4 is 4.74 Å². The average molecular weight is 348 g/mol. The Balaban J connectivity index is 2.00. The molecule has 0 radical (unpaired) electrons. The lowest BCUT2D eigenvalue weighted by Crippen LogP contribution is -1.95. The van der Waals surface area contributed by atoms with Gasteiger partial charge in [0.2, 0.25) is 0 Å². The first-order valence-electron chi connectivity index (χ1n) is 8.20. The Bertz CT molecular complexity index is 927. The Labute approximate surface area is 152 Å². The summed E-state index contributed by atoms with van der Waals surface area (Å²) in [5, 5.41) is 29.8. The molecule has 0 saturated carbocycles. The molecule has 3 aromatic rings. The van der Waals surface area contributed by atoms with Crippen molar-refractivity contribution in [1.82, 2.24) is 0 Å². The number of phenols is 3. The van der Waals surface area contributed by atoms with Gasteiger partial charge in [-0.05, 0) is 35.4 Å². The van der Waals surface area contributed by atoms with Crippen molar-refractivity contribution in [3.63, 3.8) is 0 Å². The van der Waals surface area contributed by atoms with Crippen LogP contribution in [0.1, 0.15) is 22.3 Å². The summed E-state index contributed by atoms with van der Waals surface area (Å²) in [6.07, 6.45) is 4.13. The molecule has 26 heavy (non-hydrogen) atoms. The van der Waals surface area contributed by atoms with Gasteiger partial charge in [-0.2, -0.15) is 0 Å². The predicted octanol–water partition coefficient (Wildman–Crippen LogP) is 4.57. The minimum absolute atomic E-state index is 0.134. The second-order valence-electron chi connectivity index (χ2n) is 5.95. The van der Waals surface area contributed by atoms with E-state index >= 15 is 0 Å². The fraction of sp³-hybridized carbons (Fsp3) is 0.0909. The van der Waals surface area contributed by atoms with Crippen molar-refractivity contribution in [3.8, 4) is 23.0 Å². The highest BCUT2D eigenvalue weighted by atomic mass is 16.5. The van der Waals surface area contributed by atoms with Gasteiger partial charge in [-0.3, -0.25) is 0 Å². The Morgan fingerprint density at radius 1 is 0.808 bits per heavy atom. The maximum absolute atomic E-state index is 10.5. The summed E-state index contributed by atoms with van der Waals surface area (Å²) in [5.74, 6) is 1.08. The first-order chi connectivity index (χ1) is 12.6. The largest absolute Gasteiger partial charge is 0.508 e. The topological polar surface area (TPSA) is 69.9 Å². The number of ether oxygens (including phenoxy) is 1. The molecule has 3 N–H and O–H groups in total. The van der Waals surface area contributed by atoms with Crippen LogP contribution in [-0.4, -0.2) is 22.4 Å². The van der Waals surface area contributed by atoms with Crippen molar-refractivity contribution in [1.29, 1.82) is 0 Å². The van der Waals surface area contributed by atoms with Gasteiger partial charge in [0, 0.05) is 23.6 Å². The van der Waals surface area contributed by atoms with Crippen LogP contribution in [0.5, 0.6) is 23.0 Å². The minimum atomic E-state index is 0.134. The fourth-order valence-corrected chi connectivity index (χ4v) is 2.74. The summed E-state index contributed by atoms with van der Waals surface area (Å²) in [5.41, 5.74) is 3.17. The number of rotatable bonds is 5. The number of benzene rings is 3. The quantitative estimate of drug-likeness (QED) is 0.591. The lowest BCUT2D eigenvalue weighted by Gasteiger charge is -2.12. The molecular weight excluding hydrogens is 328 g/mol. The average Bonchev–Trinajstić information content (AvgIpc) is 2.64. The number of aromatic hydroxyl groups is 3. The molecule has 0 aromatic heterocycles. The summed E-state index contributed by atoms with van der Waals surface area (Å²) in [4.78, 5) is 0. The zero-order valence-corrected chi connectivity index (χ0v) is 14.4. The Morgan fingerprint density at radius 2 is 1.50 bits per heavy atom. The molecule has 0 fully saturated rings. The lowest BCUT2D eigenvalue weighted by molar-refractivity contribution is 0.406. The monoisotopic (exact) mass is 348 g/mol. The summed E-state index contributed by atoms with van der Waals surface area (Å²) in [7, 11) is 1.55. The summed E-state index contributed by atoms with van der Waals surface area (Å²) >= 11 is 0. The van der Waals surface area contributed by atoms with Crippen LogP contribution in [0, 0.1) is 0 Å². The van der Waals surface area contributed by atoms with E-state index in [1.165, 1.54) is 0 Å². The molecule has 0 heterocycles. The molecule has 0 atom stereocenters. The van der Waals surface area contributed by atoms with Crippen molar-refractivity contribution >= 4 is 12.2 Å². The van der Waals surface area contributed by atoms with Crippen molar-refractivity contribution < 1.29 is 20.1 Å². The third-order valence-electron chi connectivity index (χ3n) is 4.17. The molecule has 0 bridgehead atoms. The lowest BCUT2D eigenvalue weighted by atomic mass is 9.97. The van der Waals surface area contributed by atoms with E-state index < -0.39 is 0 Å². The fourth-order valence-electron chi connectivity index (χ4n) is 2.74. The third-order valence-corrected chi connectivity index (χ3v) is 4.17. The van der Waals surface area contributed by atoms with Crippen molar-refractivity contribution in [3.05, 3.63) is 82.9 Å². The minimum Gasteiger partial charge on any atom is -0.508 e. The first kappa shape index (κ1) is 17.4. The summed E-state index contributed by atoms with van der Waals surface area (Å²) in [6.45, 7) is 0. The smallest absolute Gasteiger partial charge is 0.123 e. The molecule has 132 valence electrons. The van der Waals surface area contributed by atoms with Crippen LogP contribution in [0.3, 0.4) is 0 Å². The highest BCUT2D eigenvalue weighted by molar-refractivity contribution is 5.75. The van der Waals surface area contributed by atoms with Gasteiger partial charge in [-0.1, -0.05) is 42.5 Å². The maximum atomic E-state index is 10.5. The number of para-hydroxylation sites is 1. The zero-order valence-electron chi connectivity index (χ0n) is 14.4. The van der Waals surface area contributed by atoms with Gasteiger partial charge in [0.1, 0.15) is 23.0 Å². The van der Waals surface area contributed by atoms with Gasteiger partial charge in [0.25, 0.3) is 0 Å². The van der Waals surface area contributed by atoms with Crippen LogP contribution in [0.2, 0.25) is 0 Å². The van der Waals surface area contributed by atoms with Gasteiger partial charge in [-0.15, -0.1) is 0 Å². The Morgan fingerprint density at radius 3 is 2.19 bits per heavy atom. The second-order valence-corrected chi connectivity index (χ2v) is 5.95. The van der Waals surface area contributed by atoms with E-state index in [1.54, 1.807) is 43.5 Å². The van der Waals surface area contributed by atoms with Crippen LogP contribution in [0.4, 0.5) is 0 Å². The summed E-state index contributed by atoms with van der Waals surface area (Å²) in [6, 6.07) is 17.3. The van der Waals surface area contributed by atoms with E-state index in [9.17, 15) is 15.3 Å². The highest BCUT2D eigenvalue weighted by Crippen LogP contribution is 2.32. The number of methoxy groups -OCH3 is 1. The predicted molar refractivity (Wildman–Crippen MR) is 103 cm³/mol. The van der Waals surface area contributed by atoms with Crippen LogP contribution in [-0.2, 0) is 6.42 Å². The highest BCUT2D eigenvalue weighted by Gasteiger charge is 2.11. The molecule has 0 saturated heterocycles. The third kappa shape index (κ3) is 3.98. The van der Waals surface area contributed by atoms with E-state index in [-0.39, 0.29) is 17.2 Å². The first-order valence-corrected chi connectivity index (χ1v) is 8.20. The van der Waals surface area contributed by atoms with Crippen LogP contribution >= 0.6 is 0 Å². The van der Waals surface area contributed by atoms with E-state index in [0.29, 0.717) is 17.7 Å². The van der Waals surface area contributed by atoms with Crippen LogP contribution in [0.25, 0.3) is 12.2 Å². The summed E-state index contributed by atoms with van der Waals surface area (Å²) < 4.78 is 5.26. The van der Waals surface area contributed by atoms with Crippen molar-refractivity contribution in [2.75, 3.05) is 7.11 Å². The molecule has 4 heteroatoms. The van der Waals surface area contributed by atoms with Gasteiger partial charge >= 0.3 is 0 Å². The Kier molecular flexibility index (Phi) is 5.13. The molecule has 0 amide bonds. The Hall–Kier alpha value is -3.40. The molecule has 0 aliphatic heterocycles. The molecule has 0 aliphatic rings. The molecule has 3 aromatic carbocycles. The number of phenolic OH excluding ortho intramolecular Hbond substituents is 3. The van der Waals surface area contributed by atoms with Crippen LogP contribution in [0.15, 0.2) is 60.7 Å². The van der Waals surface area contributed by atoms with E-state index in [1.807, 2.05) is 36.4 Å². The molecule has 4 nitrogen and oxygen atoms in total. The van der Waals surface area contributed by atoms with E-state index in [0.717, 1.165) is 16.7 Å². The molecule has 0 spiro atoms.